The Hall–Kier alpha value is -1.35. The molecule has 3 rings (SSSR count). The fourth-order valence-electron chi connectivity index (χ4n) is 2.68. The molecule has 1 aromatic heterocycles. The third-order valence-corrected chi connectivity index (χ3v) is 3.98. The van der Waals surface area contributed by atoms with Crippen molar-refractivity contribution in [2.24, 2.45) is 0 Å². The Morgan fingerprint density at radius 3 is 2.72 bits per heavy atom. The molecule has 4 heteroatoms. The number of halogens is 1. The quantitative estimate of drug-likeness (QED) is 0.784. The van der Waals surface area contributed by atoms with Crippen molar-refractivity contribution in [3.05, 3.63) is 29.4 Å². The van der Waals surface area contributed by atoms with E-state index in [0.717, 1.165) is 23.1 Å². The summed E-state index contributed by atoms with van der Waals surface area (Å²) in [7, 11) is 0. The summed E-state index contributed by atoms with van der Waals surface area (Å²) in [4.78, 5) is 2.36. The van der Waals surface area contributed by atoms with Crippen molar-refractivity contribution in [1.82, 2.24) is 10.2 Å². The van der Waals surface area contributed by atoms with Gasteiger partial charge in [0.15, 0.2) is 11.0 Å². The second-order valence-corrected chi connectivity index (χ2v) is 5.26. The van der Waals surface area contributed by atoms with E-state index in [-0.39, 0.29) is 0 Å². The maximum atomic E-state index is 6.11. The monoisotopic (exact) mass is 261 g/mol. The molecule has 0 radical (unpaired) electrons. The largest absolute Gasteiger partial charge is 0.352 e. The van der Waals surface area contributed by atoms with E-state index in [9.17, 15) is 0 Å². The normalized spacial score (nSPS) is 20.3. The van der Waals surface area contributed by atoms with E-state index < -0.39 is 0 Å². The molecule has 2 aromatic rings. The summed E-state index contributed by atoms with van der Waals surface area (Å²) < 4.78 is 0. The Bertz CT molecular complexity index is 570. The molecule has 1 aliphatic rings. The van der Waals surface area contributed by atoms with Crippen LogP contribution in [0.1, 0.15) is 26.2 Å². The van der Waals surface area contributed by atoms with E-state index >= 15 is 0 Å². The summed E-state index contributed by atoms with van der Waals surface area (Å²) in [6.45, 7) is 3.31. The van der Waals surface area contributed by atoms with Crippen molar-refractivity contribution in [2.45, 2.75) is 32.2 Å². The van der Waals surface area contributed by atoms with Crippen LogP contribution in [0, 0.1) is 0 Å². The topological polar surface area (TPSA) is 29.0 Å². The molecule has 2 heterocycles. The van der Waals surface area contributed by atoms with Gasteiger partial charge in [-0.2, -0.15) is 0 Å². The van der Waals surface area contributed by atoms with Gasteiger partial charge in [-0.3, -0.25) is 0 Å². The molecule has 3 nitrogen and oxygen atoms in total. The first-order chi connectivity index (χ1) is 8.77. The molecule has 1 aliphatic heterocycles. The lowest BCUT2D eigenvalue weighted by atomic mass is 10.0. The maximum Gasteiger partial charge on any atom is 0.159 e. The van der Waals surface area contributed by atoms with Gasteiger partial charge in [0.25, 0.3) is 0 Å². The highest BCUT2D eigenvalue weighted by atomic mass is 35.5. The molecule has 1 fully saturated rings. The number of hydrogen-bond acceptors (Lipinski definition) is 3. The Balaban J connectivity index is 2.14. The summed E-state index contributed by atoms with van der Waals surface area (Å²) in [5.41, 5.74) is 0. The molecule has 1 aromatic carbocycles. The van der Waals surface area contributed by atoms with Gasteiger partial charge >= 0.3 is 0 Å². The van der Waals surface area contributed by atoms with Crippen LogP contribution in [0.15, 0.2) is 24.3 Å². The van der Waals surface area contributed by atoms with Crippen molar-refractivity contribution in [3.63, 3.8) is 0 Å². The highest BCUT2D eigenvalue weighted by Crippen LogP contribution is 2.31. The van der Waals surface area contributed by atoms with Gasteiger partial charge in [-0.1, -0.05) is 35.9 Å². The number of hydrogen-bond donors (Lipinski definition) is 0. The number of nitrogens with zero attached hydrogens (tertiary/aromatic N) is 3. The van der Waals surface area contributed by atoms with E-state index in [4.69, 9.17) is 11.6 Å². The molecule has 0 aliphatic carbocycles. The summed E-state index contributed by atoms with van der Waals surface area (Å²) in [5, 5.41) is 11.0. The van der Waals surface area contributed by atoms with Gasteiger partial charge in [-0.05, 0) is 26.2 Å². The molecule has 1 unspecified atom stereocenters. The molecule has 1 atom stereocenters. The molecule has 0 spiro atoms. The van der Waals surface area contributed by atoms with Crippen LogP contribution in [-0.4, -0.2) is 22.8 Å². The zero-order valence-corrected chi connectivity index (χ0v) is 11.2. The Morgan fingerprint density at radius 2 is 1.94 bits per heavy atom. The zero-order valence-electron chi connectivity index (χ0n) is 10.4. The van der Waals surface area contributed by atoms with Crippen molar-refractivity contribution < 1.29 is 0 Å². The van der Waals surface area contributed by atoms with Gasteiger partial charge in [0.1, 0.15) is 0 Å². The SMILES string of the molecule is CC1CCCCN1c1nnc(Cl)c2ccccc12. The molecular weight excluding hydrogens is 246 g/mol. The van der Waals surface area contributed by atoms with Gasteiger partial charge < -0.3 is 4.90 Å². The number of rotatable bonds is 1. The number of benzene rings is 1. The van der Waals surface area contributed by atoms with Crippen LogP contribution < -0.4 is 4.90 Å². The summed E-state index contributed by atoms with van der Waals surface area (Å²) >= 11 is 6.11. The molecule has 1 saturated heterocycles. The van der Waals surface area contributed by atoms with Crippen LogP contribution in [0.2, 0.25) is 5.15 Å². The second-order valence-electron chi connectivity index (χ2n) is 4.90. The minimum absolute atomic E-state index is 0.485. The molecule has 0 N–H and O–H groups in total. The van der Waals surface area contributed by atoms with Crippen molar-refractivity contribution in [1.29, 1.82) is 0 Å². The van der Waals surface area contributed by atoms with Crippen LogP contribution in [-0.2, 0) is 0 Å². The van der Waals surface area contributed by atoms with E-state index in [2.05, 4.69) is 28.1 Å². The average Bonchev–Trinajstić information content (AvgIpc) is 2.41. The molecular formula is C14H16ClN3. The lowest BCUT2D eigenvalue weighted by molar-refractivity contribution is 0.481. The predicted octanol–water partition coefficient (Wildman–Crippen LogP) is 3.66. The van der Waals surface area contributed by atoms with E-state index in [0.29, 0.717) is 11.2 Å². The van der Waals surface area contributed by atoms with Gasteiger partial charge in [-0.15, -0.1) is 10.2 Å². The Morgan fingerprint density at radius 1 is 1.17 bits per heavy atom. The summed E-state index contributed by atoms with van der Waals surface area (Å²) in [6, 6.07) is 8.62. The molecule has 94 valence electrons. The Labute approximate surface area is 112 Å². The number of piperidine rings is 1. The fraction of sp³-hybridized carbons (Fsp3) is 0.429. The minimum Gasteiger partial charge on any atom is -0.352 e. The van der Waals surface area contributed by atoms with E-state index in [1.807, 2.05) is 18.2 Å². The first-order valence-corrected chi connectivity index (χ1v) is 6.83. The third kappa shape index (κ3) is 1.93. The van der Waals surface area contributed by atoms with Gasteiger partial charge in [0, 0.05) is 23.4 Å². The van der Waals surface area contributed by atoms with Crippen molar-refractivity contribution in [3.8, 4) is 0 Å². The minimum atomic E-state index is 0.485. The molecule has 0 amide bonds. The number of aromatic nitrogens is 2. The Kier molecular flexibility index (Phi) is 3.08. The lowest BCUT2D eigenvalue weighted by Crippen LogP contribution is -2.38. The maximum absolute atomic E-state index is 6.11. The first-order valence-electron chi connectivity index (χ1n) is 6.45. The smallest absolute Gasteiger partial charge is 0.159 e. The highest BCUT2D eigenvalue weighted by Gasteiger charge is 2.22. The van der Waals surface area contributed by atoms with Crippen LogP contribution in [0.4, 0.5) is 5.82 Å². The standard InChI is InChI=1S/C14H16ClN3/c1-10-6-4-5-9-18(10)14-12-8-3-2-7-11(12)13(15)16-17-14/h2-3,7-8,10H,4-6,9H2,1H3. The fourth-order valence-corrected chi connectivity index (χ4v) is 2.88. The van der Waals surface area contributed by atoms with Crippen molar-refractivity contribution in [2.75, 3.05) is 11.4 Å². The third-order valence-electron chi connectivity index (χ3n) is 3.70. The van der Waals surface area contributed by atoms with Crippen molar-refractivity contribution >= 4 is 28.2 Å². The van der Waals surface area contributed by atoms with Gasteiger partial charge in [0.05, 0.1) is 0 Å². The van der Waals surface area contributed by atoms with Crippen LogP contribution >= 0.6 is 11.6 Å². The average molecular weight is 262 g/mol. The lowest BCUT2D eigenvalue weighted by Gasteiger charge is -2.34. The number of anilines is 1. The van der Waals surface area contributed by atoms with E-state index in [1.54, 1.807) is 0 Å². The molecule has 18 heavy (non-hydrogen) atoms. The molecule has 0 bridgehead atoms. The van der Waals surface area contributed by atoms with Crippen LogP contribution in [0.25, 0.3) is 10.8 Å². The molecule has 0 saturated carbocycles. The van der Waals surface area contributed by atoms with Crippen LogP contribution in [0.5, 0.6) is 0 Å². The van der Waals surface area contributed by atoms with Crippen LogP contribution in [0.3, 0.4) is 0 Å². The second kappa shape index (κ2) is 4.73. The van der Waals surface area contributed by atoms with Gasteiger partial charge in [-0.25, -0.2) is 0 Å². The van der Waals surface area contributed by atoms with E-state index in [1.165, 1.54) is 19.3 Å². The summed E-state index contributed by atoms with van der Waals surface area (Å²) in [5.74, 6) is 0.974. The number of fused-ring (bicyclic) bond motifs is 1. The summed E-state index contributed by atoms with van der Waals surface area (Å²) in [6.07, 6.45) is 3.75. The first kappa shape index (κ1) is 11.7. The predicted molar refractivity (Wildman–Crippen MR) is 75.2 cm³/mol. The van der Waals surface area contributed by atoms with Gasteiger partial charge in [0.2, 0.25) is 0 Å². The zero-order chi connectivity index (χ0) is 12.5. The highest BCUT2D eigenvalue weighted by molar-refractivity contribution is 6.34.